The second-order valence-electron chi connectivity index (χ2n) is 11.7. The summed E-state index contributed by atoms with van der Waals surface area (Å²) >= 11 is 0. The predicted octanol–water partition coefficient (Wildman–Crippen LogP) is 4.13. The summed E-state index contributed by atoms with van der Waals surface area (Å²) in [5.41, 5.74) is 0.0607. The van der Waals surface area contributed by atoms with Gasteiger partial charge in [0.2, 0.25) is 0 Å². The number of pyridine rings is 1. The molecule has 2 fully saturated rings. The molecular formula is C27H42N6O4Si. The Balaban J connectivity index is 1.67. The molecule has 0 amide bonds. The zero-order valence-electron chi connectivity index (χ0n) is 23.1. The number of hydrogen-bond acceptors (Lipinski definition) is 9. The summed E-state index contributed by atoms with van der Waals surface area (Å²) in [4.78, 5) is 18.5. The number of hydrogen-bond donors (Lipinski definition) is 3. The maximum absolute atomic E-state index is 11.8. The molecule has 38 heavy (non-hydrogen) atoms. The van der Waals surface area contributed by atoms with Crippen LogP contribution in [0.1, 0.15) is 43.7 Å². The number of aromatic nitrogens is 3. The van der Waals surface area contributed by atoms with Crippen LogP contribution in [-0.2, 0) is 26.6 Å². The minimum atomic E-state index is -1.19. The number of aliphatic hydroxyl groups is 1. The lowest BCUT2D eigenvalue weighted by molar-refractivity contribution is -0.114. The molecule has 10 nitrogen and oxygen atoms in total. The minimum Gasteiger partial charge on any atom is -0.385 e. The number of ether oxygens (including phenoxy) is 2. The number of carbonyl (C=O) groups is 1. The number of aldehydes is 1. The van der Waals surface area contributed by atoms with Gasteiger partial charge in [0.15, 0.2) is 0 Å². The first kappa shape index (κ1) is 28.4. The third-order valence-corrected chi connectivity index (χ3v) is 9.28. The quantitative estimate of drug-likeness (QED) is 0.167. The molecule has 0 unspecified atom stereocenters. The Labute approximate surface area is 226 Å². The Morgan fingerprint density at radius 3 is 2.76 bits per heavy atom. The number of nitrogens with zero attached hydrogens (tertiary/aromatic N) is 4. The Kier molecular flexibility index (Phi) is 9.02. The summed E-state index contributed by atoms with van der Waals surface area (Å²) in [6.45, 7) is 11.9. The molecule has 208 valence electrons. The molecule has 11 heteroatoms. The van der Waals surface area contributed by atoms with Gasteiger partial charge in [-0.2, -0.15) is 5.10 Å². The van der Waals surface area contributed by atoms with Crippen LogP contribution in [0, 0.1) is 11.3 Å². The average molecular weight is 543 g/mol. The average Bonchev–Trinajstić information content (AvgIpc) is 3.33. The van der Waals surface area contributed by atoms with E-state index in [1.165, 1.54) is 6.21 Å². The van der Waals surface area contributed by atoms with Crippen molar-refractivity contribution in [3.63, 3.8) is 0 Å². The van der Waals surface area contributed by atoms with E-state index < -0.39 is 13.7 Å². The summed E-state index contributed by atoms with van der Waals surface area (Å²) in [5.74, 6) is 1.88. The van der Waals surface area contributed by atoms with Gasteiger partial charge >= 0.3 is 0 Å². The molecule has 3 N–H and O–H groups in total. The molecule has 0 bridgehead atoms. The number of nitrogens with one attached hydrogen (secondary N) is 2. The summed E-state index contributed by atoms with van der Waals surface area (Å²) in [6.07, 6.45) is 6.11. The van der Waals surface area contributed by atoms with Crippen LogP contribution in [0.25, 0.3) is 0 Å². The van der Waals surface area contributed by atoms with E-state index in [0.29, 0.717) is 81.5 Å². The first-order valence-corrected chi connectivity index (χ1v) is 17.3. The van der Waals surface area contributed by atoms with Crippen LogP contribution in [0.3, 0.4) is 0 Å². The zero-order chi connectivity index (χ0) is 27.3. The van der Waals surface area contributed by atoms with Crippen molar-refractivity contribution in [2.75, 3.05) is 36.6 Å². The van der Waals surface area contributed by atoms with Crippen LogP contribution in [0.15, 0.2) is 18.3 Å². The van der Waals surface area contributed by atoms with Gasteiger partial charge in [0.05, 0.1) is 31.1 Å². The number of morpholine rings is 1. The van der Waals surface area contributed by atoms with Crippen LogP contribution in [-0.4, -0.2) is 72.9 Å². The number of anilines is 3. The first-order valence-electron chi connectivity index (χ1n) is 13.6. The van der Waals surface area contributed by atoms with Gasteiger partial charge in [-0.15, -0.1) is 0 Å². The molecule has 1 aliphatic heterocycles. The third-order valence-electron chi connectivity index (χ3n) is 7.58. The van der Waals surface area contributed by atoms with Crippen molar-refractivity contribution in [3.8, 4) is 0 Å². The normalized spacial score (nSPS) is 24.3. The van der Waals surface area contributed by atoms with E-state index in [-0.39, 0.29) is 12.0 Å². The van der Waals surface area contributed by atoms with Gasteiger partial charge in [-0.3, -0.25) is 0 Å². The molecule has 2 aliphatic rings. The van der Waals surface area contributed by atoms with Crippen LogP contribution in [0.2, 0.25) is 25.7 Å². The second-order valence-corrected chi connectivity index (χ2v) is 17.4. The van der Waals surface area contributed by atoms with E-state index >= 15 is 0 Å². The highest BCUT2D eigenvalue weighted by Crippen LogP contribution is 2.43. The van der Waals surface area contributed by atoms with E-state index in [9.17, 15) is 9.90 Å². The van der Waals surface area contributed by atoms with Gasteiger partial charge in [-0.25, -0.2) is 9.67 Å². The first-order chi connectivity index (χ1) is 18.1. The molecule has 0 spiro atoms. The highest BCUT2D eigenvalue weighted by atomic mass is 28.3. The van der Waals surface area contributed by atoms with Crippen molar-refractivity contribution >= 4 is 38.0 Å². The lowest BCUT2D eigenvalue weighted by Crippen LogP contribution is -2.44. The third kappa shape index (κ3) is 6.69. The Morgan fingerprint density at radius 1 is 1.34 bits per heavy atom. The summed E-state index contributed by atoms with van der Waals surface area (Å²) in [6, 6.07) is 4.97. The molecule has 0 radical (unpaired) electrons. The van der Waals surface area contributed by atoms with Crippen LogP contribution in [0.5, 0.6) is 0 Å². The van der Waals surface area contributed by atoms with Gasteiger partial charge in [-0.05, 0) is 50.3 Å². The molecule has 1 saturated carbocycles. The highest BCUT2D eigenvalue weighted by Gasteiger charge is 2.38. The Bertz CT molecular complexity index is 1110. The standard InChI is InChI=1S/C27H42N6O4Si/c1-20-18-36-12-11-32(20)25-15-23(27(35)8-5-21(17-34)6-9-27)22(16-28)26(31-25)30-24-7-10-29-33(24)19-37-13-14-38(2,3)4/h7,10,15-17,20-21,28,35H,5-6,8-9,11-14,18-19H2,1-4H3,(H,30,31)/t20-,21?,27?/m1/s1. The lowest BCUT2D eigenvalue weighted by atomic mass is 9.74. The molecule has 1 aliphatic carbocycles. The summed E-state index contributed by atoms with van der Waals surface area (Å²) in [7, 11) is -1.19. The maximum atomic E-state index is 11.8. The monoisotopic (exact) mass is 542 g/mol. The van der Waals surface area contributed by atoms with E-state index in [2.05, 4.69) is 41.9 Å². The molecule has 1 saturated heterocycles. The molecular weight excluding hydrogens is 500 g/mol. The number of rotatable bonds is 11. The van der Waals surface area contributed by atoms with Gasteiger partial charge in [0, 0.05) is 45.0 Å². The predicted molar refractivity (Wildman–Crippen MR) is 151 cm³/mol. The highest BCUT2D eigenvalue weighted by molar-refractivity contribution is 6.76. The molecule has 2 aromatic heterocycles. The SMILES string of the molecule is C[C@@H]1COCCN1c1cc(C2(O)CCC(C=O)CC2)c(C=N)c(Nc2ccnn2COCC[Si](C)(C)C)n1. The lowest BCUT2D eigenvalue weighted by Gasteiger charge is -2.38. The van der Waals surface area contributed by atoms with E-state index in [4.69, 9.17) is 19.9 Å². The van der Waals surface area contributed by atoms with Gasteiger partial charge in [0.1, 0.15) is 30.5 Å². The van der Waals surface area contributed by atoms with Crippen molar-refractivity contribution in [2.45, 2.75) is 76.7 Å². The Morgan fingerprint density at radius 2 is 2.11 bits per heavy atom. The molecule has 3 heterocycles. The zero-order valence-corrected chi connectivity index (χ0v) is 24.1. The van der Waals surface area contributed by atoms with Crippen molar-refractivity contribution < 1.29 is 19.4 Å². The number of carbonyl (C=O) groups excluding carboxylic acids is 1. The molecule has 0 aromatic carbocycles. The van der Waals surface area contributed by atoms with Gasteiger partial charge in [-0.1, -0.05) is 19.6 Å². The van der Waals surface area contributed by atoms with E-state index in [1.54, 1.807) is 10.9 Å². The second kappa shape index (κ2) is 12.1. The largest absolute Gasteiger partial charge is 0.385 e. The van der Waals surface area contributed by atoms with Crippen molar-refractivity contribution in [1.82, 2.24) is 14.8 Å². The van der Waals surface area contributed by atoms with E-state index in [0.717, 1.165) is 18.1 Å². The van der Waals surface area contributed by atoms with Crippen molar-refractivity contribution in [3.05, 3.63) is 29.5 Å². The fourth-order valence-corrected chi connectivity index (χ4v) is 5.85. The van der Waals surface area contributed by atoms with Crippen LogP contribution >= 0.6 is 0 Å². The smallest absolute Gasteiger partial charge is 0.143 e. The maximum Gasteiger partial charge on any atom is 0.143 e. The van der Waals surface area contributed by atoms with Gasteiger partial charge in [0.25, 0.3) is 0 Å². The minimum absolute atomic E-state index is 0.0350. The molecule has 4 rings (SSSR count). The summed E-state index contributed by atoms with van der Waals surface area (Å²) < 4.78 is 13.3. The van der Waals surface area contributed by atoms with Gasteiger partial charge < -0.3 is 35.0 Å². The fourth-order valence-electron chi connectivity index (χ4n) is 5.10. The Hall–Kier alpha value is -2.60. The van der Waals surface area contributed by atoms with Crippen molar-refractivity contribution in [1.29, 1.82) is 5.41 Å². The molecule has 1 atom stereocenters. The summed E-state index contributed by atoms with van der Waals surface area (Å²) in [5, 5.41) is 27.9. The van der Waals surface area contributed by atoms with Crippen LogP contribution < -0.4 is 10.2 Å². The molecule has 2 aromatic rings. The van der Waals surface area contributed by atoms with Crippen LogP contribution in [0.4, 0.5) is 17.5 Å². The van der Waals surface area contributed by atoms with Crippen molar-refractivity contribution in [2.24, 2.45) is 5.92 Å². The fraction of sp³-hybridized carbons (Fsp3) is 0.630. The van der Waals surface area contributed by atoms with E-state index in [1.807, 2.05) is 12.1 Å². The topological polar surface area (TPSA) is 126 Å².